The Morgan fingerprint density at radius 3 is 2.58 bits per heavy atom. The van der Waals surface area contributed by atoms with E-state index < -0.39 is 0 Å². The average Bonchev–Trinajstić information content (AvgIpc) is 3.21. The van der Waals surface area contributed by atoms with E-state index in [9.17, 15) is 4.79 Å². The molecular formula is C20H30N4O2. The van der Waals surface area contributed by atoms with Gasteiger partial charge in [-0.2, -0.15) is 0 Å². The summed E-state index contributed by atoms with van der Waals surface area (Å²) >= 11 is 0. The molecule has 3 rings (SSSR count). The van der Waals surface area contributed by atoms with E-state index >= 15 is 0 Å². The van der Waals surface area contributed by atoms with E-state index in [0.717, 1.165) is 11.5 Å². The van der Waals surface area contributed by atoms with Crippen LogP contribution in [0.2, 0.25) is 0 Å². The van der Waals surface area contributed by atoms with Crippen LogP contribution in [-0.4, -0.2) is 62.7 Å². The van der Waals surface area contributed by atoms with Crippen LogP contribution in [0.1, 0.15) is 37.2 Å². The first-order valence-electron chi connectivity index (χ1n) is 9.66. The van der Waals surface area contributed by atoms with Gasteiger partial charge in [0.1, 0.15) is 0 Å². The summed E-state index contributed by atoms with van der Waals surface area (Å²) in [5.74, 6) is 0.715. The third-order valence-electron chi connectivity index (χ3n) is 5.22. The molecule has 1 aliphatic heterocycles. The molecular weight excluding hydrogens is 328 g/mol. The molecule has 1 unspecified atom stereocenters. The minimum Gasteiger partial charge on any atom is -0.378 e. The van der Waals surface area contributed by atoms with Crippen molar-refractivity contribution < 1.29 is 9.53 Å². The van der Waals surface area contributed by atoms with Crippen molar-refractivity contribution in [2.75, 3.05) is 39.9 Å². The molecule has 1 aliphatic carbocycles. The zero-order chi connectivity index (χ0) is 18.2. The van der Waals surface area contributed by atoms with Crippen molar-refractivity contribution in [3.05, 3.63) is 35.9 Å². The highest BCUT2D eigenvalue weighted by atomic mass is 16.5. The van der Waals surface area contributed by atoms with Crippen LogP contribution in [0.5, 0.6) is 0 Å². The second-order valence-corrected chi connectivity index (χ2v) is 6.98. The fourth-order valence-electron chi connectivity index (χ4n) is 3.69. The number of morpholine rings is 1. The van der Waals surface area contributed by atoms with Gasteiger partial charge in [0.2, 0.25) is 5.91 Å². The van der Waals surface area contributed by atoms with Crippen molar-refractivity contribution in [1.29, 1.82) is 0 Å². The van der Waals surface area contributed by atoms with Gasteiger partial charge in [-0.25, -0.2) is 0 Å². The number of ether oxygens (including phenoxy) is 1. The summed E-state index contributed by atoms with van der Waals surface area (Å²) in [6.07, 6.45) is 4.93. The molecule has 6 heteroatoms. The molecule has 1 amide bonds. The maximum Gasteiger partial charge on any atom is 0.232 e. The first-order chi connectivity index (χ1) is 12.8. The summed E-state index contributed by atoms with van der Waals surface area (Å²) in [5, 5.41) is 6.86. The lowest BCUT2D eigenvalue weighted by molar-refractivity contribution is -0.136. The molecule has 0 bridgehead atoms. The van der Waals surface area contributed by atoms with Gasteiger partial charge < -0.3 is 20.3 Å². The summed E-state index contributed by atoms with van der Waals surface area (Å²) in [6, 6.07) is 10.5. The quantitative estimate of drug-likeness (QED) is 0.622. The van der Waals surface area contributed by atoms with E-state index in [0.29, 0.717) is 38.9 Å². The molecule has 1 heterocycles. The van der Waals surface area contributed by atoms with Crippen LogP contribution < -0.4 is 10.6 Å². The van der Waals surface area contributed by atoms with Crippen molar-refractivity contribution in [2.24, 2.45) is 4.99 Å². The van der Waals surface area contributed by atoms with E-state index in [1.807, 2.05) is 35.2 Å². The van der Waals surface area contributed by atoms with Crippen molar-refractivity contribution in [2.45, 2.75) is 37.6 Å². The minimum absolute atomic E-state index is 0.156. The first-order valence-corrected chi connectivity index (χ1v) is 9.66. The number of hydrogen-bond acceptors (Lipinski definition) is 3. The molecule has 0 aromatic heterocycles. The molecule has 0 spiro atoms. The van der Waals surface area contributed by atoms with Crippen LogP contribution in [0.15, 0.2) is 35.3 Å². The van der Waals surface area contributed by atoms with Crippen LogP contribution in [0, 0.1) is 0 Å². The number of amides is 1. The van der Waals surface area contributed by atoms with Crippen LogP contribution in [-0.2, 0) is 9.53 Å². The number of carbonyl (C=O) groups excluding carboxylic acids is 1. The molecule has 6 nitrogen and oxygen atoms in total. The van der Waals surface area contributed by atoms with Gasteiger partial charge in [0, 0.05) is 32.7 Å². The minimum atomic E-state index is -0.226. The average molecular weight is 358 g/mol. The maximum atomic E-state index is 13.1. The van der Waals surface area contributed by atoms with Crippen molar-refractivity contribution in [1.82, 2.24) is 15.5 Å². The van der Waals surface area contributed by atoms with Crippen LogP contribution in [0.3, 0.4) is 0 Å². The highest BCUT2D eigenvalue weighted by molar-refractivity contribution is 5.86. The predicted molar refractivity (Wildman–Crippen MR) is 103 cm³/mol. The lowest BCUT2D eigenvalue weighted by Crippen LogP contribution is -2.48. The second-order valence-electron chi connectivity index (χ2n) is 6.98. The predicted octanol–water partition coefficient (Wildman–Crippen LogP) is 1.74. The van der Waals surface area contributed by atoms with Gasteiger partial charge in [-0.3, -0.25) is 9.79 Å². The number of carbonyl (C=O) groups is 1. The molecule has 142 valence electrons. The lowest BCUT2D eigenvalue weighted by atomic mass is 9.97. The Morgan fingerprint density at radius 1 is 1.23 bits per heavy atom. The van der Waals surface area contributed by atoms with Gasteiger partial charge in [-0.15, -0.1) is 0 Å². The monoisotopic (exact) mass is 358 g/mol. The normalized spacial score (nSPS) is 20.0. The van der Waals surface area contributed by atoms with E-state index in [1.54, 1.807) is 7.05 Å². The Morgan fingerprint density at radius 2 is 1.92 bits per heavy atom. The Balaban J connectivity index is 1.65. The van der Waals surface area contributed by atoms with E-state index in [4.69, 9.17) is 4.74 Å². The standard InChI is InChI=1S/C20H30N4O2/c1-21-20(23-17-9-5-6-10-17)22-15-18(16-7-3-2-4-8-16)19(25)24-11-13-26-14-12-24/h2-4,7-8,17-18H,5-6,9-15H2,1H3,(H2,21,22,23). The molecule has 2 aliphatic rings. The topological polar surface area (TPSA) is 66.0 Å². The summed E-state index contributed by atoms with van der Waals surface area (Å²) in [4.78, 5) is 19.4. The number of aliphatic imine (C=N–C) groups is 1. The molecule has 1 saturated heterocycles. The van der Waals surface area contributed by atoms with Gasteiger partial charge in [0.15, 0.2) is 5.96 Å². The Bertz CT molecular complexity index is 593. The lowest BCUT2D eigenvalue weighted by Gasteiger charge is -2.31. The highest BCUT2D eigenvalue weighted by Crippen LogP contribution is 2.20. The number of nitrogens with zero attached hydrogens (tertiary/aromatic N) is 2. The highest BCUT2D eigenvalue weighted by Gasteiger charge is 2.27. The zero-order valence-corrected chi connectivity index (χ0v) is 15.6. The molecule has 2 N–H and O–H groups in total. The molecule has 1 atom stereocenters. The molecule has 1 aromatic rings. The van der Waals surface area contributed by atoms with Crippen LogP contribution >= 0.6 is 0 Å². The summed E-state index contributed by atoms with van der Waals surface area (Å²) < 4.78 is 5.39. The fourth-order valence-corrected chi connectivity index (χ4v) is 3.69. The Labute approximate surface area is 156 Å². The van der Waals surface area contributed by atoms with Crippen LogP contribution in [0.25, 0.3) is 0 Å². The summed E-state index contributed by atoms with van der Waals surface area (Å²) in [7, 11) is 1.78. The van der Waals surface area contributed by atoms with Gasteiger partial charge in [-0.05, 0) is 18.4 Å². The number of nitrogens with one attached hydrogen (secondary N) is 2. The van der Waals surface area contributed by atoms with E-state index in [1.165, 1.54) is 25.7 Å². The van der Waals surface area contributed by atoms with E-state index in [2.05, 4.69) is 15.6 Å². The second kappa shape index (κ2) is 9.57. The SMILES string of the molecule is CN=C(NCC(C(=O)N1CCOCC1)c1ccccc1)NC1CCCC1. The fraction of sp³-hybridized carbons (Fsp3) is 0.600. The third kappa shape index (κ3) is 4.97. The van der Waals surface area contributed by atoms with Crippen molar-refractivity contribution >= 4 is 11.9 Å². The molecule has 1 aromatic carbocycles. The number of rotatable bonds is 5. The largest absolute Gasteiger partial charge is 0.378 e. The van der Waals surface area contributed by atoms with Gasteiger partial charge in [0.25, 0.3) is 0 Å². The molecule has 2 fully saturated rings. The summed E-state index contributed by atoms with van der Waals surface area (Å²) in [5.41, 5.74) is 1.04. The van der Waals surface area contributed by atoms with E-state index in [-0.39, 0.29) is 11.8 Å². The number of hydrogen-bond donors (Lipinski definition) is 2. The number of guanidine groups is 1. The van der Waals surface area contributed by atoms with Gasteiger partial charge in [0.05, 0.1) is 19.1 Å². The van der Waals surface area contributed by atoms with Gasteiger partial charge in [-0.1, -0.05) is 43.2 Å². The third-order valence-corrected chi connectivity index (χ3v) is 5.22. The molecule has 1 saturated carbocycles. The maximum absolute atomic E-state index is 13.1. The van der Waals surface area contributed by atoms with Crippen molar-refractivity contribution in [3.8, 4) is 0 Å². The smallest absolute Gasteiger partial charge is 0.232 e. The van der Waals surface area contributed by atoms with Crippen molar-refractivity contribution in [3.63, 3.8) is 0 Å². The summed E-state index contributed by atoms with van der Waals surface area (Å²) in [6.45, 7) is 3.10. The first kappa shape index (κ1) is 18.7. The Kier molecular flexibility index (Phi) is 6.89. The van der Waals surface area contributed by atoms with Crippen LogP contribution in [0.4, 0.5) is 0 Å². The molecule has 26 heavy (non-hydrogen) atoms. The van der Waals surface area contributed by atoms with Gasteiger partial charge >= 0.3 is 0 Å². The number of benzene rings is 1. The zero-order valence-electron chi connectivity index (χ0n) is 15.6. The molecule has 0 radical (unpaired) electrons. The Hall–Kier alpha value is -2.08.